The number of hydrogen-bond donors (Lipinski definition) is 0. The second-order valence-electron chi connectivity index (χ2n) is 6.18. The highest BCUT2D eigenvalue weighted by Crippen LogP contribution is 2.29. The molecule has 0 fully saturated rings. The number of methoxy groups -OCH3 is 2. The lowest BCUT2D eigenvalue weighted by Gasteiger charge is -2.15. The molecule has 0 N–H and O–H groups in total. The van der Waals surface area contributed by atoms with Crippen LogP contribution >= 0.6 is 0 Å². The monoisotopic (exact) mass is 416 g/mol. The van der Waals surface area contributed by atoms with Crippen LogP contribution in [0, 0.1) is 10.1 Å². The second kappa shape index (κ2) is 11.6. The third-order valence-electron chi connectivity index (χ3n) is 4.14. The number of ether oxygens (including phenoxy) is 2. The van der Waals surface area contributed by atoms with Gasteiger partial charge in [-0.05, 0) is 43.5 Å². The van der Waals surface area contributed by atoms with Gasteiger partial charge >= 0.3 is 0 Å². The molecule has 0 saturated heterocycles. The van der Waals surface area contributed by atoms with E-state index in [4.69, 9.17) is 14.3 Å². The van der Waals surface area contributed by atoms with E-state index in [1.165, 1.54) is 20.3 Å². The van der Waals surface area contributed by atoms with Crippen LogP contribution in [0.5, 0.6) is 0 Å². The third kappa shape index (κ3) is 6.33. The molecular formula is C20H22N3O7-. The molecule has 10 heteroatoms. The summed E-state index contributed by atoms with van der Waals surface area (Å²) in [6.07, 6.45) is 3.09. The van der Waals surface area contributed by atoms with E-state index in [9.17, 15) is 20.0 Å². The zero-order valence-electron chi connectivity index (χ0n) is 16.6. The van der Waals surface area contributed by atoms with Gasteiger partial charge in [0.05, 0.1) is 10.5 Å². The maximum atomic E-state index is 11.4. The number of nitro groups is 1. The van der Waals surface area contributed by atoms with Crippen LogP contribution in [0.15, 0.2) is 47.9 Å². The number of pyridine rings is 1. The van der Waals surface area contributed by atoms with Crippen LogP contribution < -0.4 is 5.11 Å². The number of nitro benzene ring substituents is 1. The Hall–Kier alpha value is -3.37. The van der Waals surface area contributed by atoms with Crippen LogP contribution in [0.3, 0.4) is 0 Å². The van der Waals surface area contributed by atoms with E-state index in [1.807, 2.05) is 0 Å². The fraction of sp³-hybridized carbons (Fsp3) is 0.350. The normalized spacial score (nSPS) is 11.5. The summed E-state index contributed by atoms with van der Waals surface area (Å²) in [5.74, 6) is -1.11. The molecule has 160 valence electrons. The molecule has 1 heterocycles. The summed E-state index contributed by atoms with van der Waals surface area (Å²) in [6, 6.07) is 7.96. The molecule has 0 atom stereocenters. The summed E-state index contributed by atoms with van der Waals surface area (Å²) in [4.78, 5) is 30.8. The number of hydrogen-bond acceptors (Lipinski definition) is 9. The number of rotatable bonds is 12. The quantitative estimate of drug-likeness (QED) is 0.168. The van der Waals surface area contributed by atoms with Gasteiger partial charge in [0.25, 0.3) is 5.69 Å². The molecule has 0 aliphatic heterocycles. The van der Waals surface area contributed by atoms with Crippen LogP contribution in [-0.2, 0) is 19.1 Å². The molecule has 0 radical (unpaired) electrons. The van der Waals surface area contributed by atoms with Crippen LogP contribution in [0.4, 0.5) is 5.69 Å². The van der Waals surface area contributed by atoms with E-state index in [0.29, 0.717) is 29.7 Å². The highest BCUT2D eigenvalue weighted by atomic mass is 16.7. The van der Waals surface area contributed by atoms with E-state index in [-0.39, 0.29) is 24.3 Å². The summed E-state index contributed by atoms with van der Waals surface area (Å²) in [6.45, 7) is 0.204. The van der Waals surface area contributed by atoms with Crippen molar-refractivity contribution < 1.29 is 29.1 Å². The number of carbonyl (C=O) groups is 1. The first-order valence-electron chi connectivity index (χ1n) is 9.12. The van der Waals surface area contributed by atoms with E-state index >= 15 is 0 Å². The van der Waals surface area contributed by atoms with Crippen molar-refractivity contribution in [2.24, 2.45) is 5.16 Å². The van der Waals surface area contributed by atoms with Crippen molar-refractivity contribution >= 4 is 17.4 Å². The van der Waals surface area contributed by atoms with Gasteiger partial charge < -0.3 is 24.2 Å². The van der Waals surface area contributed by atoms with Gasteiger partial charge in [0.15, 0.2) is 6.29 Å². The second-order valence-corrected chi connectivity index (χ2v) is 6.18. The minimum atomic E-state index is -1.11. The van der Waals surface area contributed by atoms with E-state index in [1.54, 1.807) is 36.7 Å². The first kappa shape index (κ1) is 22.9. The molecule has 2 aromatic rings. The summed E-state index contributed by atoms with van der Waals surface area (Å²) in [7, 11) is 2.77. The predicted octanol–water partition coefficient (Wildman–Crippen LogP) is 1.97. The Kier molecular flexibility index (Phi) is 8.85. The molecule has 30 heavy (non-hydrogen) atoms. The van der Waals surface area contributed by atoms with Gasteiger partial charge in [0, 0.05) is 49.8 Å². The largest absolute Gasteiger partial charge is 0.550 e. The van der Waals surface area contributed by atoms with Crippen LogP contribution in [0.25, 0.3) is 0 Å². The predicted molar refractivity (Wildman–Crippen MR) is 105 cm³/mol. The van der Waals surface area contributed by atoms with E-state index < -0.39 is 17.2 Å². The highest BCUT2D eigenvalue weighted by molar-refractivity contribution is 6.12. The molecule has 0 bridgehead atoms. The Morgan fingerprint density at radius 1 is 1.20 bits per heavy atom. The lowest BCUT2D eigenvalue weighted by atomic mass is 10.0. The number of aliphatic carboxylic acids is 1. The molecule has 0 spiro atoms. The van der Waals surface area contributed by atoms with Crippen LogP contribution in [0.2, 0.25) is 0 Å². The zero-order chi connectivity index (χ0) is 21.9. The Bertz CT molecular complexity index is 883. The maximum absolute atomic E-state index is 11.4. The molecule has 0 aliphatic carbocycles. The molecule has 1 aromatic carbocycles. The number of oxime groups is 1. The number of aromatic nitrogens is 1. The molecule has 10 nitrogen and oxygen atoms in total. The number of carboxylic acid groups (broad SMARTS) is 1. The smallest absolute Gasteiger partial charge is 0.277 e. The van der Waals surface area contributed by atoms with Crippen LogP contribution in [-0.4, -0.2) is 42.4 Å². The molecular weight excluding hydrogens is 394 g/mol. The minimum absolute atomic E-state index is 0.0519. The molecule has 0 aliphatic rings. The molecule has 0 unspecified atom stereocenters. The first-order chi connectivity index (χ1) is 14.5. The number of benzene rings is 1. The standard InChI is InChI=1S/C20H23N3O7/c1-28-20(29-2)16-12-14(8-9-17(16)23(26)27)19(15-6-5-10-21-13-15)22-30-11-4-3-7-18(24)25/h5-6,8-10,12-13,20H,3-4,7,11H2,1-2H3,(H,24,25)/p-1/b22-19-. The molecule has 0 amide bonds. The SMILES string of the molecule is COC(OC)c1cc(/C(=N/OCCCCC(=O)[O-])c2cccnc2)ccc1[N+](=O)[O-]. The van der Waals surface area contributed by atoms with E-state index in [2.05, 4.69) is 10.1 Å². The Morgan fingerprint density at radius 3 is 2.57 bits per heavy atom. The number of carboxylic acids is 1. The van der Waals surface area contributed by atoms with Crippen molar-refractivity contribution in [3.63, 3.8) is 0 Å². The van der Waals surface area contributed by atoms with Crippen molar-refractivity contribution in [2.75, 3.05) is 20.8 Å². The van der Waals surface area contributed by atoms with E-state index in [0.717, 1.165) is 0 Å². The van der Waals surface area contributed by atoms with Gasteiger partial charge in [0.1, 0.15) is 12.3 Å². The van der Waals surface area contributed by atoms with Gasteiger partial charge in [-0.1, -0.05) is 5.16 Å². The number of nitrogens with zero attached hydrogens (tertiary/aromatic N) is 3. The van der Waals surface area contributed by atoms with Gasteiger partial charge in [-0.15, -0.1) is 0 Å². The molecule has 2 rings (SSSR count). The van der Waals surface area contributed by atoms with Crippen molar-refractivity contribution in [1.29, 1.82) is 0 Å². The van der Waals surface area contributed by atoms with Crippen molar-refractivity contribution in [2.45, 2.75) is 25.6 Å². The Morgan fingerprint density at radius 2 is 1.97 bits per heavy atom. The topological polar surface area (TPSA) is 136 Å². The van der Waals surface area contributed by atoms with Gasteiger partial charge in [-0.3, -0.25) is 15.1 Å². The molecule has 1 aromatic heterocycles. The Labute approximate surface area is 173 Å². The van der Waals surface area contributed by atoms with Crippen molar-refractivity contribution in [3.05, 3.63) is 69.5 Å². The Balaban J connectivity index is 2.36. The van der Waals surface area contributed by atoms with Crippen molar-refractivity contribution in [3.8, 4) is 0 Å². The number of carbonyl (C=O) groups excluding carboxylic acids is 1. The van der Waals surface area contributed by atoms with Gasteiger partial charge in [-0.25, -0.2) is 0 Å². The average Bonchev–Trinajstić information content (AvgIpc) is 2.74. The average molecular weight is 416 g/mol. The summed E-state index contributed by atoms with van der Waals surface area (Å²) < 4.78 is 10.4. The fourth-order valence-corrected chi connectivity index (χ4v) is 2.73. The lowest BCUT2D eigenvalue weighted by Crippen LogP contribution is -2.21. The summed E-state index contributed by atoms with van der Waals surface area (Å²) in [5.41, 5.74) is 1.66. The summed E-state index contributed by atoms with van der Waals surface area (Å²) >= 11 is 0. The van der Waals surface area contributed by atoms with Crippen molar-refractivity contribution in [1.82, 2.24) is 4.98 Å². The zero-order valence-corrected chi connectivity index (χ0v) is 16.6. The van der Waals surface area contributed by atoms with Gasteiger partial charge in [-0.2, -0.15) is 0 Å². The first-order valence-corrected chi connectivity index (χ1v) is 9.12. The molecule has 0 saturated carbocycles. The fourth-order valence-electron chi connectivity index (χ4n) is 2.73. The summed E-state index contributed by atoms with van der Waals surface area (Å²) in [5, 5.41) is 26.0. The van der Waals surface area contributed by atoms with Gasteiger partial charge in [0.2, 0.25) is 0 Å². The minimum Gasteiger partial charge on any atom is -0.550 e. The third-order valence-corrected chi connectivity index (χ3v) is 4.14. The highest BCUT2D eigenvalue weighted by Gasteiger charge is 2.24. The lowest BCUT2D eigenvalue weighted by molar-refractivity contribution is -0.387. The number of unbranched alkanes of at least 4 members (excludes halogenated alkanes) is 1. The van der Waals surface area contributed by atoms with Crippen LogP contribution in [0.1, 0.15) is 42.2 Å². The maximum Gasteiger partial charge on any atom is 0.277 e.